The number of ether oxygens (including phenoxy) is 1. The predicted molar refractivity (Wildman–Crippen MR) is 88.7 cm³/mol. The van der Waals surface area contributed by atoms with Gasteiger partial charge in [-0.1, -0.05) is 30.3 Å². The zero-order valence-electron chi connectivity index (χ0n) is 13.1. The second-order valence-corrected chi connectivity index (χ2v) is 4.81. The summed E-state index contributed by atoms with van der Waals surface area (Å²) < 4.78 is 5.02. The van der Waals surface area contributed by atoms with Gasteiger partial charge < -0.3 is 20.4 Å². The molecule has 0 spiro atoms. The highest BCUT2D eigenvalue weighted by molar-refractivity contribution is 5.79. The Kier molecular flexibility index (Phi) is 6.44. The number of methoxy groups -OCH3 is 1. The molecule has 118 valence electrons. The molecule has 0 aliphatic heterocycles. The normalized spacial score (nSPS) is 11.5. The van der Waals surface area contributed by atoms with Gasteiger partial charge in [-0.3, -0.25) is 4.99 Å². The van der Waals surface area contributed by atoms with E-state index in [1.54, 1.807) is 14.2 Å². The Morgan fingerprint density at radius 1 is 1.27 bits per heavy atom. The number of hydrogen-bond acceptors (Lipinski definition) is 3. The van der Waals surface area contributed by atoms with Crippen LogP contribution in [0.1, 0.15) is 12.2 Å². The van der Waals surface area contributed by atoms with Crippen molar-refractivity contribution < 1.29 is 4.74 Å². The van der Waals surface area contributed by atoms with E-state index in [4.69, 9.17) is 4.74 Å². The molecule has 0 radical (unpaired) electrons. The lowest BCUT2D eigenvalue weighted by atomic mass is 10.2. The van der Waals surface area contributed by atoms with E-state index in [0.29, 0.717) is 6.54 Å². The van der Waals surface area contributed by atoms with E-state index in [0.717, 1.165) is 42.6 Å². The van der Waals surface area contributed by atoms with E-state index in [1.807, 2.05) is 24.4 Å². The smallest absolute Gasteiger partial charge is 0.191 e. The second-order valence-electron chi connectivity index (χ2n) is 4.81. The minimum absolute atomic E-state index is 0.594. The maximum Gasteiger partial charge on any atom is 0.191 e. The van der Waals surface area contributed by atoms with Crippen LogP contribution in [0, 0.1) is 0 Å². The third kappa shape index (κ3) is 4.89. The largest absolute Gasteiger partial charge is 0.385 e. The molecule has 6 heteroatoms. The van der Waals surface area contributed by atoms with Crippen LogP contribution >= 0.6 is 0 Å². The van der Waals surface area contributed by atoms with Crippen LogP contribution in [0.25, 0.3) is 11.3 Å². The van der Waals surface area contributed by atoms with Crippen LogP contribution in [0.3, 0.4) is 0 Å². The molecule has 0 aliphatic carbocycles. The van der Waals surface area contributed by atoms with Crippen molar-refractivity contribution in [1.82, 2.24) is 20.6 Å². The number of nitrogens with one attached hydrogen (secondary N) is 3. The zero-order chi connectivity index (χ0) is 15.6. The third-order valence-corrected chi connectivity index (χ3v) is 3.18. The molecule has 1 heterocycles. The molecule has 3 N–H and O–H groups in total. The first kappa shape index (κ1) is 16.0. The number of aliphatic imine (C=N–C) groups is 1. The number of guanidine groups is 1. The fraction of sp³-hybridized carbons (Fsp3) is 0.375. The number of benzene rings is 1. The van der Waals surface area contributed by atoms with Crippen molar-refractivity contribution in [1.29, 1.82) is 0 Å². The van der Waals surface area contributed by atoms with Crippen molar-refractivity contribution in [3.05, 3.63) is 42.4 Å². The molecule has 0 fully saturated rings. The molecular weight excluding hydrogens is 278 g/mol. The molecule has 0 amide bonds. The Morgan fingerprint density at radius 2 is 2.09 bits per heavy atom. The molecule has 1 aromatic carbocycles. The Labute approximate surface area is 131 Å². The topological polar surface area (TPSA) is 74.3 Å². The van der Waals surface area contributed by atoms with E-state index in [2.05, 4.69) is 37.7 Å². The average molecular weight is 301 g/mol. The molecule has 0 atom stereocenters. The van der Waals surface area contributed by atoms with Gasteiger partial charge in [0.15, 0.2) is 5.96 Å². The van der Waals surface area contributed by atoms with E-state index in [1.165, 1.54) is 0 Å². The standard InChI is InChI=1S/C16H23N5O/c1-17-16(18-9-6-10-22-2)20-12-15-19-11-14(21-15)13-7-4-3-5-8-13/h3-5,7-8,11H,6,9-10,12H2,1-2H3,(H,19,21)(H2,17,18,20). The van der Waals surface area contributed by atoms with Crippen molar-refractivity contribution in [2.45, 2.75) is 13.0 Å². The Hall–Kier alpha value is -2.34. The van der Waals surface area contributed by atoms with Gasteiger partial charge in [0.05, 0.1) is 18.4 Å². The summed E-state index contributed by atoms with van der Waals surface area (Å²) in [5, 5.41) is 6.46. The van der Waals surface area contributed by atoms with Crippen molar-refractivity contribution in [2.24, 2.45) is 4.99 Å². The first-order valence-corrected chi connectivity index (χ1v) is 7.36. The van der Waals surface area contributed by atoms with Crippen molar-refractivity contribution in [3.8, 4) is 11.3 Å². The van der Waals surface area contributed by atoms with Crippen molar-refractivity contribution in [3.63, 3.8) is 0 Å². The van der Waals surface area contributed by atoms with Crippen LogP contribution in [0.5, 0.6) is 0 Å². The monoisotopic (exact) mass is 301 g/mol. The molecule has 2 aromatic rings. The number of H-pyrrole nitrogens is 1. The van der Waals surface area contributed by atoms with E-state index in [-0.39, 0.29) is 0 Å². The van der Waals surface area contributed by atoms with Gasteiger partial charge in [-0.25, -0.2) is 4.98 Å². The maximum absolute atomic E-state index is 5.02. The van der Waals surface area contributed by atoms with Crippen molar-refractivity contribution in [2.75, 3.05) is 27.3 Å². The number of nitrogens with zero attached hydrogens (tertiary/aromatic N) is 2. The van der Waals surface area contributed by atoms with Crippen LogP contribution in [0.15, 0.2) is 41.5 Å². The Bertz CT molecular complexity index is 579. The van der Waals surface area contributed by atoms with Gasteiger partial charge in [0.25, 0.3) is 0 Å². The highest BCUT2D eigenvalue weighted by Crippen LogP contribution is 2.15. The van der Waals surface area contributed by atoms with Crippen LogP contribution in [0.2, 0.25) is 0 Å². The maximum atomic E-state index is 5.02. The summed E-state index contributed by atoms with van der Waals surface area (Å²) in [6.45, 7) is 2.15. The highest BCUT2D eigenvalue weighted by Gasteiger charge is 2.04. The van der Waals surface area contributed by atoms with Crippen molar-refractivity contribution >= 4 is 5.96 Å². The summed E-state index contributed by atoms with van der Waals surface area (Å²) in [6.07, 6.45) is 2.79. The average Bonchev–Trinajstić information content (AvgIpc) is 3.04. The summed E-state index contributed by atoms with van der Waals surface area (Å²) in [5.74, 6) is 1.63. The molecule has 2 rings (SSSR count). The van der Waals surface area contributed by atoms with Gasteiger partial charge in [0.1, 0.15) is 5.82 Å². The number of aromatic nitrogens is 2. The van der Waals surface area contributed by atoms with E-state index in [9.17, 15) is 0 Å². The molecule has 0 saturated heterocycles. The minimum Gasteiger partial charge on any atom is -0.385 e. The highest BCUT2D eigenvalue weighted by atomic mass is 16.5. The van der Waals surface area contributed by atoms with Gasteiger partial charge in [0.2, 0.25) is 0 Å². The summed E-state index contributed by atoms with van der Waals surface area (Å²) in [5.41, 5.74) is 2.14. The molecular formula is C16H23N5O. The van der Waals surface area contributed by atoms with Gasteiger partial charge >= 0.3 is 0 Å². The van der Waals surface area contributed by atoms with Crippen LogP contribution in [-0.4, -0.2) is 43.2 Å². The SMILES string of the molecule is CN=C(NCCCOC)NCc1ncc(-c2ccccc2)[nH]1. The lowest BCUT2D eigenvalue weighted by molar-refractivity contribution is 0.195. The molecule has 1 aromatic heterocycles. The first-order valence-electron chi connectivity index (χ1n) is 7.36. The van der Waals surface area contributed by atoms with Gasteiger partial charge in [0, 0.05) is 27.3 Å². The number of hydrogen-bond donors (Lipinski definition) is 3. The molecule has 6 nitrogen and oxygen atoms in total. The minimum atomic E-state index is 0.594. The summed E-state index contributed by atoms with van der Waals surface area (Å²) >= 11 is 0. The summed E-state index contributed by atoms with van der Waals surface area (Å²) in [6, 6.07) is 10.1. The molecule has 0 aliphatic rings. The van der Waals surface area contributed by atoms with E-state index < -0.39 is 0 Å². The Balaban J connectivity index is 1.82. The molecule has 0 bridgehead atoms. The quantitative estimate of drug-likeness (QED) is 0.414. The summed E-state index contributed by atoms with van der Waals surface area (Å²) in [7, 11) is 3.46. The molecule has 0 unspecified atom stereocenters. The fourth-order valence-electron chi connectivity index (χ4n) is 2.03. The van der Waals surface area contributed by atoms with Gasteiger partial charge in [-0.15, -0.1) is 0 Å². The molecule has 22 heavy (non-hydrogen) atoms. The van der Waals surface area contributed by atoms with Crippen LogP contribution in [-0.2, 0) is 11.3 Å². The zero-order valence-corrected chi connectivity index (χ0v) is 13.1. The van der Waals surface area contributed by atoms with Gasteiger partial charge in [-0.05, 0) is 12.0 Å². The lowest BCUT2D eigenvalue weighted by Crippen LogP contribution is -2.37. The fourth-order valence-corrected chi connectivity index (χ4v) is 2.03. The number of rotatable bonds is 7. The Morgan fingerprint density at radius 3 is 2.82 bits per heavy atom. The number of imidazole rings is 1. The lowest BCUT2D eigenvalue weighted by Gasteiger charge is -2.10. The van der Waals surface area contributed by atoms with E-state index >= 15 is 0 Å². The van der Waals surface area contributed by atoms with Gasteiger partial charge in [-0.2, -0.15) is 0 Å². The number of aromatic amines is 1. The van der Waals surface area contributed by atoms with Crippen LogP contribution < -0.4 is 10.6 Å². The second kappa shape index (κ2) is 8.84. The third-order valence-electron chi connectivity index (χ3n) is 3.18. The molecule has 0 saturated carbocycles. The van der Waals surface area contributed by atoms with Crippen LogP contribution in [0.4, 0.5) is 0 Å². The summed E-state index contributed by atoms with van der Waals surface area (Å²) in [4.78, 5) is 11.9. The predicted octanol–water partition coefficient (Wildman–Crippen LogP) is 1.78. The first-order chi connectivity index (χ1) is 10.8.